The summed E-state index contributed by atoms with van der Waals surface area (Å²) < 4.78 is 5.90. The van der Waals surface area contributed by atoms with Gasteiger partial charge in [0, 0.05) is 35.9 Å². The van der Waals surface area contributed by atoms with Crippen molar-refractivity contribution in [2.24, 2.45) is 11.1 Å². The lowest BCUT2D eigenvalue weighted by Gasteiger charge is -2.41. The fraction of sp³-hybridized carbons (Fsp3) is 0.381. The van der Waals surface area contributed by atoms with Crippen molar-refractivity contribution in [1.29, 1.82) is 0 Å². The van der Waals surface area contributed by atoms with E-state index in [1.54, 1.807) is 23.0 Å². The van der Waals surface area contributed by atoms with Gasteiger partial charge < -0.3 is 15.1 Å². The number of anilines is 1. The van der Waals surface area contributed by atoms with Crippen molar-refractivity contribution in [3.05, 3.63) is 46.2 Å². The van der Waals surface area contributed by atoms with Gasteiger partial charge in [-0.3, -0.25) is 4.98 Å². The van der Waals surface area contributed by atoms with Crippen molar-refractivity contribution in [3.63, 3.8) is 0 Å². The highest BCUT2D eigenvalue weighted by molar-refractivity contribution is 7.10. The standard InChI is InChI=1S/C21H21N7OS/c1-12-16(25-11-30-12)19-26-15-10-24-20(27-18(15)29-19)28-7-4-21(5-8-28)9-14-13(17(21)22)3-2-6-23-14/h2-3,6,10-11,17H,4-5,7-9,22H2,1H3/t17-/m1/s1. The van der Waals surface area contributed by atoms with E-state index in [1.165, 1.54) is 5.56 Å². The minimum Gasteiger partial charge on any atom is -0.416 e. The van der Waals surface area contributed by atoms with Crippen LogP contribution in [0.15, 0.2) is 34.5 Å². The summed E-state index contributed by atoms with van der Waals surface area (Å²) in [4.78, 5) is 25.9. The zero-order chi connectivity index (χ0) is 20.3. The van der Waals surface area contributed by atoms with Crippen LogP contribution < -0.4 is 10.6 Å². The van der Waals surface area contributed by atoms with Gasteiger partial charge in [-0.15, -0.1) is 11.3 Å². The number of nitrogens with two attached hydrogens (primary N) is 1. The largest absolute Gasteiger partial charge is 0.416 e. The molecule has 0 aromatic carbocycles. The van der Waals surface area contributed by atoms with Crippen LogP contribution in [-0.4, -0.2) is 38.0 Å². The number of nitrogens with zero attached hydrogens (tertiary/aromatic N) is 6. The Hall–Kier alpha value is -2.91. The van der Waals surface area contributed by atoms with E-state index >= 15 is 0 Å². The molecule has 2 N–H and O–H groups in total. The second-order valence-electron chi connectivity index (χ2n) is 8.18. The molecule has 1 atom stereocenters. The molecule has 1 aliphatic heterocycles. The summed E-state index contributed by atoms with van der Waals surface area (Å²) in [6.45, 7) is 3.73. The molecule has 0 unspecified atom stereocenters. The molecule has 9 heteroatoms. The smallest absolute Gasteiger partial charge is 0.252 e. The number of thiazole rings is 1. The van der Waals surface area contributed by atoms with Gasteiger partial charge in [-0.2, -0.15) is 4.98 Å². The van der Waals surface area contributed by atoms with Crippen LogP contribution in [0.4, 0.5) is 5.95 Å². The van der Waals surface area contributed by atoms with E-state index in [4.69, 9.17) is 10.2 Å². The molecule has 1 aliphatic carbocycles. The Morgan fingerprint density at radius 1 is 1.20 bits per heavy atom. The van der Waals surface area contributed by atoms with Gasteiger partial charge in [0.15, 0.2) is 0 Å². The van der Waals surface area contributed by atoms with Crippen molar-refractivity contribution >= 4 is 28.5 Å². The number of rotatable bonds is 2. The van der Waals surface area contributed by atoms with Gasteiger partial charge in [0.05, 0.1) is 11.7 Å². The van der Waals surface area contributed by atoms with Crippen LogP contribution in [0.5, 0.6) is 0 Å². The number of fused-ring (bicyclic) bond motifs is 2. The van der Waals surface area contributed by atoms with Crippen molar-refractivity contribution < 1.29 is 4.42 Å². The molecule has 152 valence electrons. The third-order valence-corrected chi connectivity index (χ3v) is 7.33. The molecule has 0 saturated carbocycles. The number of piperidine rings is 1. The first-order chi connectivity index (χ1) is 14.6. The van der Waals surface area contributed by atoms with Crippen LogP contribution in [0.2, 0.25) is 0 Å². The summed E-state index contributed by atoms with van der Waals surface area (Å²) in [5.74, 6) is 1.17. The maximum absolute atomic E-state index is 6.66. The number of oxazole rings is 1. The highest BCUT2D eigenvalue weighted by atomic mass is 32.1. The van der Waals surface area contributed by atoms with Gasteiger partial charge in [-0.25, -0.2) is 15.0 Å². The normalized spacial score (nSPS) is 20.2. The van der Waals surface area contributed by atoms with Crippen LogP contribution in [0.1, 0.15) is 35.0 Å². The van der Waals surface area contributed by atoms with Gasteiger partial charge in [0.25, 0.3) is 5.71 Å². The molecule has 1 saturated heterocycles. The summed E-state index contributed by atoms with van der Waals surface area (Å²) >= 11 is 1.57. The Kier molecular flexibility index (Phi) is 3.91. The summed E-state index contributed by atoms with van der Waals surface area (Å²) in [7, 11) is 0. The SMILES string of the molecule is Cc1scnc1-c1nc2cnc(N3CCC4(CC3)Cc3ncccc3[C@H]4N)nc2o1. The van der Waals surface area contributed by atoms with Crippen LogP contribution in [-0.2, 0) is 6.42 Å². The van der Waals surface area contributed by atoms with Gasteiger partial charge in [0.1, 0.15) is 11.2 Å². The molecule has 4 aromatic heterocycles. The fourth-order valence-corrected chi connectivity index (χ4v) is 5.35. The van der Waals surface area contributed by atoms with Crippen molar-refractivity contribution in [2.45, 2.75) is 32.2 Å². The van der Waals surface area contributed by atoms with Crippen LogP contribution in [0.3, 0.4) is 0 Å². The number of aromatic nitrogens is 5. The predicted molar refractivity (Wildman–Crippen MR) is 114 cm³/mol. The molecule has 0 amide bonds. The molecule has 2 aliphatic rings. The van der Waals surface area contributed by atoms with E-state index in [9.17, 15) is 0 Å². The number of aryl methyl sites for hydroxylation is 1. The van der Waals surface area contributed by atoms with Crippen molar-refractivity contribution in [1.82, 2.24) is 24.9 Å². The third kappa shape index (κ3) is 2.65. The summed E-state index contributed by atoms with van der Waals surface area (Å²) in [6.07, 6.45) is 6.53. The molecule has 1 spiro atoms. The second kappa shape index (κ2) is 6.55. The molecule has 30 heavy (non-hydrogen) atoms. The molecule has 4 aromatic rings. The highest BCUT2D eigenvalue weighted by Crippen LogP contribution is 2.50. The Balaban J connectivity index is 1.24. The molecule has 5 heterocycles. The molecule has 0 bridgehead atoms. The molecule has 8 nitrogen and oxygen atoms in total. The first-order valence-corrected chi connectivity index (χ1v) is 11.0. The summed E-state index contributed by atoms with van der Waals surface area (Å²) in [5, 5.41) is 0. The summed E-state index contributed by atoms with van der Waals surface area (Å²) in [5.41, 5.74) is 12.8. The number of pyridine rings is 1. The fourth-order valence-electron chi connectivity index (χ4n) is 4.79. The second-order valence-corrected chi connectivity index (χ2v) is 9.24. The number of hydrogen-bond donors (Lipinski definition) is 1. The first-order valence-electron chi connectivity index (χ1n) is 10.1. The summed E-state index contributed by atoms with van der Waals surface area (Å²) in [6, 6.07) is 4.15. The van der Waals surface area contributed by atoms with E-state index in [2.05, 4.69) is 35.9 Å². The van der Waals surface area contributed by atoms with E-state index in [0.717, 1.165) is 48.6 Å². The van der Waals surface area contributed by atoms with Crippen molar-refractivity contribution in [2.75, 3.05) is 18.0 Å². The van der Waals surface area contributed by atoms with Crippen LogP contribution in [0, 0.1) is 12.3 Å². The van der Waals surface area contributed by atoms with Gasteiger partial charge in [0.2, 0.25) is 11.8 Å². The molecular weight excluding hydrogens is 398 g/mol. The average Bonchev–Trinajstić information content (AvgIpc) is 3.45. The lowest BCUT2D eigenvalue weighted by molar-refractivity contribution is 0.186. The monoisotopic (exact) mass is 419 g/mol. The van der Waals surface area contributed by atoms with E-state index in [1.807, 2.05) is 19.2 Å². The lowest BCUT2D eigenvalue weighted by atomic mass is 9.73. The number of hydrogen-bond acceptors (Lipinski definition) is 9. The van der Waals surface area contributed by atoms with E-state index in [0.29, 0.717) is 23.1 Å². The lowest BCUT2D eigenvalue weighted by Crippen LogP contribution is -2.44. The molecule has 0 radical (unpaired) electrons. The first kappa shape index (κ1) is 17.9. The Morgan fingerprint density at radius 2 is 2.07 bits per heavy atom. The Bertz CT molecular complexity index is 1240. The third-order valence-electron chi connectivity index (χ3n) is 6.57. The van der Waals surface area contributed by atoms with Gasteiger partial charge in [-0.05, 0) is 43.2 Å². The molecule has 1 fully saturated rings. The maximum Gasteiger partial charge on any atom is 0.252 e. The Labute approximate surface area is 177 Å². The highest BCUT2D eigenvalue weighted by Gasteiger charge is 2.46. The van der Waals surface area contributed by atoms with Crippen LogP contribution in [0.25, 0.3) is 22.8 Å². The topological polar surface area (TPSA) is 107 Å². The van der Waals surface area contributed by atoms with E-state index in [-0.39, 0.29) is 11.5 Å². The quantitative estimate of drug-likeness (QED) is 0.527. The zero-order valence-corrected chi connectivity index (χ0v) is 17.4. The van der Waals surface area contributed by atoms with Crippen molar-refractivity contribution in [3.8, 4) is 11.6 Å². The zero-order valence-electron chi connectivity index (χ0n) is 16.6. The maximum atomic E-state index is 6.66. The Morgan fingerprint density at radius 3 is 2.83 bits per heavy atom. The molecular formula is C21H21N7OS. The van der Waals surface area contributed by atoms with Gasteiger partial charge in [-0.1, -0.05) is 6.07 Å². The van der Waals surface area contributed by atoms with E-state index < -0.39 is 0 Å². The average molecular weight is 420 g/mol. The minimum absolute atomic E-state index is 0.0462. The van der Waals surface area contributed by atoms with Crippen LogP contribution >= 0.6 is 11.3 Å². The predicted octanol–water partition coefficient (Wildman–Crippen LogP) is 3.29. The molecule has 6 rings (SSSR count). The van der Waals surface area contributed by atoms with Gasteiger partial charge >= 0.3 is 0 Å². The minimum atomic E-state index is 0.0462.